The fourth-order valence-electron chi connectivity index (χ4n) is 7.09. The Labute approximate surface area is 154 Å². The van der Waals surface area contributed by atoms with Crippen molar-refractivity contribution in [2.75, 3.05) is 19.9 Å². The molecule has 4 nitrogen and oxygen atoms in total. The highest BCUT2D eigenvalue weighted by atomic mass is 16.7. The lowest BCUT2D eigenvalue weighted by Crippen LogP contribution is -2.54. The molecule has 6 aliphatic rings. The van der Waals surface area contributed by atoms with Crippen LogP contribution in [0.3, 0.4) is 0 Å². The largest absolute Gasteiger partial charge is 0.454 e. The van der Waals surface area contributed by atoms with Gasteiger partial charge in [-0.2, -0.15) is 0 Å². The lowest BCUT2D eigenvalue weighted by atomic mass is 9.49. The fourth-order valence-corrected chi connectivity index (χ4v) is 7.09. The van der Waals surface area contributed by atoms with Gasteiger partial charge in [0.05, 0.1) is 5.41 Å². The molecule has 1 saturated heterocycles. The molecule has 2 aliphatic heterocycles. The van der Waals surface area contributed by atoms with Gasteiger partial charge in [0.1, 0.15) is 0 Å². The van der Waals surface area contributed by atoms with Crippen molar-refractivity contribution in [3.8, 4) is 11.5 Å². The van der Waals surface area contributed by atoms with Gasteiger partial charge in [-0.1, -0.05) is 6.07 Å². The van der Waals surface area contributed by atoms with Crippen molar-refractivity contribution in [1.82, 2.24) is 4.90 Å². The second kappa shape index (κ2) is 5.40. The topological polar surface area (TPSA) is 38.8 Å². The quantitative estimate of drug-likeness (QED) is 0.808. The van der Waals surface area contributed by atoms with Crippen molar-refractivity contribution < 1.29 is 14.3 Å². The molecule has 1 amide bonds. The lowest BCUT2D eigenvalue weighted by Gasteiger charge is -2.56. The third kappa shape index (κ3) is 2.23. The number of carbonyl (C=O) groups excluding carboxylic acids is 1. The maximum Gasteiger partial charge on any atom is 0.231 e. The molecule has 5 fully saturated rings. The normalized spacial score (nSPS) is 39.6. The number of likely N-dealkylation sites (tertiary alicyclic amines) is 1. The van der Waals surface area contributed by atoms with Gasteiger partial charge in [0, 0.05) is 19.0 Å². The molecular weight excluding hydrogens is 326 g/mol. The Bertz CT molecular complexity index is 722. The molecule has 7 rings (SSSR count). The van der Waals surface area contributed by atoms with Crippen molar-refractivity contribution >= 4 is 5.91 Å². The van der Waals surface area contributed by atoms with Crippen molar-refractivity contribution in [2.45, 2.75) is 50.9 Å². The fraction of sp³-hybridized carbons (Fsp3) is 0.682. The van der Waals surface area contributed by atoms with E-state index in [1.54, 1.807) is 0 Å². The van der Waals surface area contributed by atoms with E-state index >= 15 is 0 Å². The van der Waals surface area contributed by atoms with Crippen LogP contribution >= 0.6 is 0 Å². The van der Waals surface area contributed by atoms with Crippen LogP contribution in [-0.2, 0) is 4.79 Å². The Morgan fingerprint density at radius 1 is 1.00 bits per heavy atom. The van der Waals surface area contributed by atoms with Crippen LogP contribution < -0.4 is 9.47 Å². The first-order valence-electron chi connectivity index (χ1n) is 10.4. The van der Waals surface area contributed by atoms with Gasteiger partial charge in [0.15, 0.2) is 11.5 Å². The van der Waals surface area contributed by atoms with Crippen LogP contribution in [0.2, 0.25) is 0 Å². The summed E-state index contributed by atoms with van der Waals surface area (Å²) in [5.74, 6) is 5.11. The zero-order valence-electron chi connectivity index (χ0n) is 15.3. The van der Waals surface area contributed by atoms with Crippen LogP contribution in [0.1, 0.15) is 56.4 Å². The van der Waals surface area contributed by atoms with E-state index in [-0.39, 0.29) is 5.41 Å². The molecule has 138 valence electrons. The van der Waals surface area contributed by atoms with Gasteiger partial charge >= 0.3 is 0 Å². The van der Waals surface area contributed by atoms with Gasteiger partial charge in [-0.15, -0.1) is 0 Å². The van der Waals surface area contributed by atoms with Crippen LogP contribution in [0.25, 0.3) is 0 Å². The number of benzene rings is 1. The molecule has 0 spiro atoms. The van der Waals surface area contributed by atoms with Crippen LogP contribution in [0.15, 0.2) is 18.2 Å². The van der Waals surface area contributed by atoms with E-state index in [2.05, 4.69) is 17.0 Å². The predicted molar refractivity (Wildman–Crippen MR) is 97.1 cm³/mol. The second-order valence-electron chi connectivity index (χ2n) is 9.55. The Morgan fingerprint density at radius 3 is 2.42 bits per heavy atom. The van der Waals surface area contributed by atoms with Crippen molar-refractivity contribution in [3.05, 3.63) is 23.8 Å². The van der Waals surface area contributed by atoms with E-state index in [0.717, 1.165) is 48.8 Å². The van der Waals surface area contributed by atoms with Gasteiger partial charge in [0.2, 0.25) is 12.7 Å². The van der Waals surface area contributed by atoms with E-state index in [0.29, 0.717) is 18.6 Å². The van der Waals surface area contributed by atoms with Gasteiger partial charge in [-0.05, 0) is 80.4 Å². The highest BCUT2D eigenvalue weighted by molar-refractivity contribution is 5.83. The molecule has 0 radical (unpaired) electrons. The smallest absolute Gasteiger partial charge is 0.231 e. The summed E-state index contributed by atoms with van der Waals surface area (Å²) in [5.41, 5.74) is 1.29. The number of nitrogens with zero attached hydrogens (tertiary/aromatic N) is 1. The van der Waals surface area contributed by atoms with E-state index in [1.807, 2.05) is 6.07 Å². The maximum absolute atomic E-state index is 13.5. The molecule has 1 aromatic rings. The molecule has 0 aromatic heterocycles. The van der Waals surface area contributed by atoms with Crippen molar-refractivity contribution in [2.24, 2.45) is 23.2 Å². The summed E-state index contributed by atoms with van der Waals surface area (Å²) in [6.07, 6.45) is 8.76. The minimum atomic E-state index is -0.00146. The zero-order chi connectivity index (χ0) is 17.3. The van der Waals surface area contributed by atoms with E-state index in [1.165, 1.54) is 44.1 Å². The average Bonchev–Trinajstić information content (AvgIpc) is 3.28. The van der Waals surface area contributed by atoms with Crippen LogP contribution in [-0.4, -0.2) is 30.7 Å². The molecule has 4 aliphatic carbocycles. The number of amides is 1. The maximum atomic E-state index is 13.5. The van der Waals surface area contributed by atoms with Gasteiger partial charge in [0.25, 0.3) is 0 Å². The monoisotopic (exact) mass is 353 g/mol. The number of fused-ring (bicyclic) bond motifs is 1. The summed E-state index contributed by atoms with van der Waals surface area (Å²) in [4.78, 5) is 15.7. The standard InChI is InChI=1S/C22H27NO3/c24-21(22-9-14-5-15(10-22)7-16(6-14)11-22)23-4-3-18(12-23)17-1-2-19-20(8-17)26-13-25-19/h1-2,8,14-16,18H,3-7,9-13H2. The lowest BCUT2D eigenvalue weighted by molar-refractivity contribution is -0.156. The first-order chi connectivity index (χ1) is 12.7. The number of hydrogen-bond acceptors (Lipinski definition) is 3. The first kappa shape index (κ1) is 15.4. The number of carbonyl (C=O) groups is 1. The molecule has 0 N–H and O–H groups in total. The predicted octanol–water partition coefficient (Wildman–Crippen LogP) is 3.95. The molecule has 4 bridgehead atoms. The summed E-state index contributed by atoms with van der Waals surface area (Å²) < 4.78 is 11.0. The first-order valence-corrected chi connectivity index (χ1v) is 10.4. The highest BCUT2D eigenvalue weighted by Crippen LogP contribution is 2.60. The number of hydrogen-bond donors (Lipinski definition) is 0. The minimum absolute atomic E-state index is 0.00146. The Kier molecular flexibility index (Phi) is 3.19. The van der Waals surface area contributed by atoms with Crippen LogP contribution in [0.5, 0.6) is 11.5 Å². The van der Waals surface area contributed by atoms with Crippen molar-refractivity contribution in [1.29, 1.82) is 0 Å². The van der Waals surface area contributed by atoms with Gasteiger partial charge in [-0.25, -0.2) is 0 Å². The minimum Gasteiger partial charge on any atom is -0.454 e. The molecule has 4 heteroatoms. The zero-order valence-corrected chi connectivity index (χ0v) is 15.3. The molecule has 26 heavy (non-hydrogen) atoms. The van der Waals surface area contributed by atoms with Crippen LogP contribution in [0, 0.1) is 23.2 Å². The molecule has 2 heterocycles. The Balaban J connectivity index is 1.20. The molecule has 1 unspecified atom stereocenters. The molecule has 1 atom stereocenters. The molecule has 1 aromatic carbocycles. The molecular formula is C22H27NO3. The summed E-state index contributed by atoms with van der Waals surface area (Å²) in [6.45, 7) is 2.11. The van der Waals surface area contributed by atoms with E-state index < -0.39 is 0 Å². The second-order valence-corrected chi connectivity index (χ2v) is 9.55. The Hall–Kier alpha value is -1.71. The molecule has 4 saturated carbocycles. The van der Waals surface area contributed by atoms with E-state index in [9.17, 15) is 4.79 Å². The summed E-state index contributed by atoms with van der Waals surface area (Å²) in [7, 11) is 0. The SMILES string of the molecule is O=C(N1CCC(c2ccc3c(c2)OCO3)C1)C12CC3CC(CC(C3)C1)C2. The third-order valence-electron chi connectivity index (χ3n) is 7.84. The van der Waals surface area contributed by atoms with E-state index in [4.69, 9.17) is 9.47 Å². The third-order valence-corrected chi connectivity index (χ3v) is 7.84. The Morgan fingerprint density at radius 2 is 1.69 bits per heavy atom. The average molecular weight is 353 g/mol. The van der Waals surface area contributed by atoms with Gasteiger partial charge in [-0.3, -0.25) is 4.79 Å². The summed E-state index contributed by atoms with van der Waals surface area (Å²) in [5, 5.41) is 0. The summed E-state index contributed by atoms with van der Waals surface area (Å²) in [6, 6.07) is 6.28. The summed E-state index contributed by atoms with van der Waals surface area (Å²) >= 11 is 0. The van der Waals surface area contributed by atoms with Gasteiger partial charge < -0.3 is 14.4 Å². The number of rotatable bonds is 2. The number of ether oxygens (including phenoxy) is 2. The highest BCUT2D eigenvalue weighted by Gasteiger charge is 2.56. The van der Waals surface area contributed by atoms with Crippen molar-refractivity contribution in [3.63, 3.8) is 0 Å². The van der Waals surface area contributed by atoms with Crippen LogP contribution in [0.4, 0.5) is 0 Å².